The molecule has 0 radical (unpaired) electrons. The van der Waals surface area contributed by atoms with Gasteiger partial charge < -0.3 is 15.2 Å². The van der Waals surface area contributed by atoms with Gasteiger partial charge in [0.25, 0.3) is 0 Å². The summed E-state index contributed by atoms with van der Waals surface area (Å²) in [6, 6.07) is 3.63. The highest BCUT2D eigenvalue weighted by Gasteiger charge is 2.18. The molecule has 0 spiro atoms. The molecular formula is C14H23N3O3. The molecule has 0 saturated carbocycles. The summed E-state index contributed by atoms with van der Waals surface area (Å²) in [5.74, 6) is 0.458. The Hall–Kier alpha value is -1.66. The molecule has 6 heteroatoms. The number of nitrogens with zero attached hydrogens (tertiary/aromatic N) is 1. The molecule has 1 rings (SSSR count). The van der Waals surface area contributed by atoms with Crippen LogP contribution in [0.4, 0.5) is 10.6 Å². The van der Waals surface area contributed by atoms with Crippen molar-refractivity contribution in [2.75, 3.05) is 18.5 Å². The Bertz CT molecular complexity index is 444. The molecule has 0 aromatic carbocycles. The Morgan fingerprint density at radius 2 is 2.20 bits per heavy atom. The first-order valence-corrected chi connectivity index (χ1v) is 6.62. The highest BCUT2D eigenvalue weighted by Crippen LogP contribution is 2.20. The summed E-state index contributed by atoms with van der Waals surface area (Å²) >= 11 is 0. The van der Waals surface area contributed by atoms with Gasteiger partial charge >= 0.3 is 6.09 Å². The third-order valence-corrected chi connectivity index (χ3v) is 2.49. The zero-order valence-electron chi connectivity index (χ0n) is 12.4. The third kappa shape index (κ3) is 5.54. The summed E-state index contributed by atoms with van der Waals surface area (Å²) in [5.41, 5.74) is 0.284. The van der Waals surface area contributed by atoms with Crippen molar-refractivity contribution < 1.29 is 14.6 Å². The lowest BCUT2D eigenvalue weighted by molar-refractivity contribution is 0.0635. The molecule has 1 unspecified atom stereocenters. The van der Waals surface area contributed by atoms with Crippen LogP contribution >= 0.6 is 0 Å². The number of ether oxygens (including phenoxy) is 1. The first-order chi connectivity index (χ1) is 9.33. The number of hydrogen-bond acceptors (Lipinski definition) is 5. The van der Waals surface area contributed by atoms with Crippen LogP contribution in [0.25, 0.3) is 0 Å². The summed E-state index contributed by atoms with van der Waals surface area (Å²) in [5, 5.41) is 14.6. The monoisotopic (exact) mass is 281 g/mol. The molecule has 0 aliphatic carbocycles. The number of rotatable bonds is 5. The van der Waals surface area contributed by atoms with E-state index in [9.17, 15) is 4.79 Å². The molecule has 1 aromatic rings. The zero-order chi connectivity index (χ0) is 15.2. The minimum atomic E-state index is -0.556. The average molecular weight is 281 g/mol. The Morgan fingerprint density at radius 1 is 1.50 bits per heavy atom. The van der Waals surface area contributed by atoms with Crippen LogP contribution in [0.3, 0.4) is 0 Å². The maximum atomic E-state index is 11.8. The van der Waals surface area contributed by atoms with Crippen LogP contribution < -0.4 is 10.6 Å². The molecule has 20 heavy (non-hydrogen) atoms. The van der Waals surface area contributed by atoms with Gasteiger partial charge in [0.1, 0.15) is 11.4 Å². The van der Waals surface area contributed by atoms with Gasteiger partial charge in [0, 0.05) is 24.3 Å². The van der Waals surface area contributed by atoms with E-state index in [2.05, 4.69) is 15.6 Å². The van der Waals surface area contributed by atoms with Crippen LogP contribution in [0, 0.1) is 0 Å². The molecule has 0 fully saturated rings. The van der Waals surface area contributed by atoms with Crippen LogP contribution in [0.5, 0.6) is 0 Å². The second kappa shape index (κ2) is 7.21. The molecule has 112 valence electrons. The lowest BCUT2D eigenvalue weighted by atomic mass is 10.1. The molecular weight excluding hydrogens is 258 g/mol. The van der Waals surface area contributed by atoms with Gasteiger partial charge in [-0.05, 0) is 33.8 Å². The molecule has 0 saturated heterocycles. The number of anilines is 1. The minimum Gasteiger partial charge on any atom is -0.444 e. The normalized spacial score (nSPS) is 12.8. The summed E-state index contributed by atoms with van der Waals surface area (Å²) in [6.07, 6.45) is 1.07. The number of aromatic nitrogens is 1. The molecule has 1 atom stereocenters. The van der Waals surface area contributed by atoms with Crippen LogP contribution in [0.15, 0.2) is 18.3 Å². The first kappa shape index (κ1) is 16.4. The number of amides is 1. The lowest BCUT2D eigenvalue weighted by Gasteiger charge is -2.21. The quantitative estimate of drug-likeness (QED) is 0.769. The van der Waals surface area contributed by atoms with Gasteiger partial charge in [-0.25, -0.2) is 9.78 Å². The van der Waals surface area contributed by atoms with Gasteiger partial charge in [-0.15, -0.1) is 0 Å². The summed E-state index contributed by atoms with van der Waals surface area (Å²) in [4.78, 5) is 15.9. The average Bonchev–Trinajstić information content (AvgIpc) is 2.34. The van der Waals surface area contributed by atoms with Crippen LogP contribution in [0.2, 0.25) is 0 Å². The molecule has 1 heterocycles. The molecule has 0 aliphatic rings. The van der Waals surface area contributed by atoms with E-state index in [-0.39, 0.29) is 12.6 Å². The van der Waals surface area contributed by atoms with Crippen LogP contribution in [-0.4, -0.2) is 34.9 Å². The van der Waals surface area contributed by atoms with E-state index in [0.29, 0.717) is 12.4 Å². The van der Waals surface area contributed by atoms with Gasteiger partial charge in [0.05, 0.1) is 6.61 Å². The van der Waals surface area contributed by atoms with E-state index in [1.54, 1.807) is 33.0 Å². The van der Waals surface area contributed by atoms with Gasteiger partial charge in [0.2, 0.25) is 0 Å². The third-order valence-electron chi connectivity index (χ3n) is 2.49. The number of carbonyl (C=O) groups excluding carboxylic acids is 1. The predicted octanol–water partition coefficient (Wildman–Crippen LogP) is 2.07. The van der Waals surface area contributed by atoms with Gasteiger partial charge in [-0.3, -0.25) is 5.32 Å². The van der Waals surface area contributed by atoms with Crippen molar-refractivity contribution >= 4 is 11.9 Å². The SMILES string of the molecule is CC(NCCO)c1cccnc1NC(=O)OC(C)(C)C. The predicted molar refractivity (Wildman–Crippen MR) is 77.6 cm³/mol. The molecule has 3 N–H and O–H groups in total. The van der Waals surface area contributed by atoms with Crippen molar-refractivity contribution in [3.8, 4) is 0 Å². The first-order valence-electron chi connectivity index (χ1n) is 6.62. The van der Waals surface area contributed by atoms with Crippen molar-refractivity contribution in [3.63, 3.8) is 0 Å². The standard InChI is InChI=1S/C14H23N3O3/c1-10(15-8-9-18)11-6-5-7-16-12(11)17-13(19)20-14(2,3)4/h5-7,10,15,18H,8-9H2,1-4H3,(H,16,17,19). The molecule has 0 aliphatic heterocycles. The fraction of sp³-hybridized carbons (Fsp3) is 0.571. The van der Waals surface area contributed by atoms with E-state index in [1.165, 1.54) is 0 Å². The van der Waals surface area contributed by atoms with Crippen molar-refractivity contribution in [1.29, 1.82) is 0 Å². The highest BCUT2D eigenvalue weighted by molar-refractivity contribution is 5.84. The summed E-state index contributed by atoms with van der Waals surface area (Å²) in [7, 11) is 0. The Kier molecular flexibility index (Phi) is 5.91. The summed E-state index contributed by atoms with van der Waals surface area (Å²) in [6.45, 7) is 7.88. The van der Waals surface area contributed by atoms with Crippen molar-refractivity contribution in [3.05, 3.63) is 23.9 Å². The zero-order valence-corrected chi connectivity index (χ0v) is 12.4. The topological polar surface area (TPSA) is 83.5 Å². The van der Waals surface area contributed by atoms with Crippen molar-refractivity contribution in [1.82, 2.24) is 10.3 Å². The van der Waals surface area contributed by atoms with Crippen molar-refractivity contribution in [2.45, 2.75) is 39.3 Å². The highest BCUT2D eigenvalue weighted by atomic mass is 16.6. The smallest absolute Gasteiger partial charge is 0.413 e. The second-order valence-corrected chi connectivity index (χ2v) is 5.47. The number of nitrogens with one attached hydrogen (secondary N) is 2. The van der Waals surface area contributed by atoms with Crippen LogP contribution in [0.1, 0.15) is 39.3 Å². The number of hydrogen-bond donors (Lipinski definition) is 3. The molecule has 1 amide bonds. The van der Waals surface area contributed by atoms with E-state index < -0.39 is 11.7 Å². The fourth-order valence-electron chi connectivity index (χ4n) is 1.66. The Labute approximate surface area is 119 Å². The largest absolute Gasteiger partial charge is 0.444 e. The molecule has 1 aromatic heterocycles. The minimum absolute atomic E-state index is 0.0409. The summed E-state index contributed by atoms with van der Waals surface area (Å²) < 4.78 is 5.21. The number of aliphatic hydroxyl groups is 1. The second-order valence-electron chi connectivity index (χ2n) is 5.47. The molecule has 0 bridgehead atoms. The Morgan fingerprint density at radius 3 is 2.80 bits per heavy atom. The number of carbonyl (C=O) groups is 1. The number of aliphatic hydroxyl groups excluding tert-OH is 1. The number of pyridine rings is 1. The van der Waals surface area contributed by atoms with E-state index in [4.69, 9.17) is 9.84 Å². The van der Waals surface area contributed by atoms with Gasteiger partial charge in [-0.2, -0.15) is 0 Å². The molecule has 6 nitrogen and oxygen atoms in total. The van der Waals surface area contributed by atoms with Crippen molar-refractivity contribution in [2.24, 2.45) is 0 Å². The fourth-order valence-corrected chi connectivity index (χ4v) is 1.66. The van der Waals surface area contributed by atoms with Gasteiger partial charge in [-0.1, -0.05) is 6.07 Å². The Balaban J connectivity index is 2.77. The van der Waals surface area contributed by atoms with E-state index in [0.717, 1.165) is 5.56 Å². The maximum Gasteiger partial charge on any atom is 0.413 e. The van der Waals surface area contributed by atoms with E-state index in [1.807, 2.05) is 13.0 Å². The lowest BCUT2D eigenvalue weighted by Crippen LogP contribution is -2.29. The van der Waals surface area contributed by atoms with Crippen LogP contribution in [-0.2, 0) is 4.74 Å². The van der Waals surface area contributed by atoms with E-state index >= 15 is 0 Å². The van der Waals surface area contributed by atoms with Gasteiger partial charge in [0.15, 0.2) is 0 Å². The maximum absolute atomic E-state index is 11.8.